The lowest BCUT2D eigenvalue weighted by Gasteiger charge is -2.07. The van der Waals surface area contributed by atoms with Crippen molar-refractivity contribution in [3.05, 3.63) is 57.6 Å². The van der Waals surface area contributed by atoms with Gasteiger partial charge in [0.05, 0.1) is 5.69 Å². The number of benzene rings is 1. The third-order valence-corrected chi connectivity index (χ3v) is 5.96. The fraction of sp³-hybridized carbons (Fsp3) is 0.316. The third-order valence-electron chi connectivity index (χ3n) is 4.59. The number of hydrogen-bond acceptors (Lipinski definition) is 4. The van der Waals surface area contributed by atoms with Gasteiger partial charge >= 0.3 is 0 Å². The zero-order valence-corrected chi connectivity index (χ0v) is 16.0. The van der Waals surface area contributed by atoms with Crippen molar-refractivity contribution in [1.29, 1.82) is 0 Å². The van der Waals surface area contributed by atoms with Gasteiger partial charge in [-0.3, -0.25) is 14.7 Å². The van der Waals surface area contributed by atoms with Crippen molar-refractivity contribution in [3.8, 4) is 5.69 Å². The van der Waals surface area contributed by atoms with Crippen LogP contribution in [0.5, 0.6) is 0 Å². The summed E-state index contributed by atoms with van der Waals surface area (Å²) >= 11 is 6.95. The van der Waals surface area contributed by atoms with Crippen LogP contribution in [0.1, 0.15) is 46.7 Å². The Labute approximate surface area is 161 Å². The van der Waals surface area contributed by atoms with Crippen molar-refractivity contribution < 1.29 is 4.79 Å². The fourth-order valence-corrected chi connectivity index (χ4v) is 4.60. The number of amides is 1. The van der Waals surface area contributed by atoms with Gasteiger partial charge in [-0.2, -0.15) is 0 Å². The molecule has 1 aliphatic carbocycles. The van der Waals surface area contributed by atoms with E-state index in [1.54, 1.807) is 22.1 Å². The normalized spacial score (nSPS) is 14.3. The molecule has 0 aliphatic heterocycles. The highest BCUT2D eigenvalue weighted by molar-refractivity contribution is 7.71. The van der Waals surface area contributed by atoms with Crippen LogP contribution >= 0.6 is 23.6 Å². The van der Waals surface area contributed by atoms with Gasteiger partial charge in [0, 0.05) is 16.8 Å². The molecule has 0 saturated carbocycles. The molecule has 7 heteroatoms. The maximum Gasteiger partial charge on any atom is 0.276 e. The van der Waals surface area contributed by atoms with Crippen LogP contribution < -0.4 is 5.32 Å². The number of fused-ring (bicyclic) bond motifs is 1. The summed E-state index contributed by atoms with van der Waals surface area (Å²) in [6.45, 7) is 0. The minimum absolute atomic E-state index is 0.206. The van der Waals surface area contributed by atoms with Crippen molar-refractivity contribution in [3.63, 3.8) is 0 Å². The number of carbonyl (C=O) groups excluding carboxylic acids is 1. The Kier molecular flexibility index (Phi) is 4.99. The SMILES string of the molecule is O=C(Nc1nc2c(s1)CCCCCC2)c1c[nH]c(=S)n1-c1ccccc1. The second kappa shape index (κ2) is 7.55. The molecular weight excluding hydrogens is 364 g/mol. The first-order chi connectivity index (χ1) is 12.7. The van der Waals surface area contributed by atoms with Gasteiger partial charge < -0.3 is 4.98 Å². The Hall–Kier alpha value is -2.25. The van der Waals surface area contributed by atoms with Crippen molar-refractivity contribution in [2.75, 3.05) is 5.32 Å². The van der Waals surface area contributed by atoms with Crippen molar-refractivity contribution >= 4 is 34.6 Å². The number of nitrogens with one attached hydrogen (secondary N) is 2. The zero-order chi connectivity index (χ0) is 17.9. The molecule has 26 heavy (non-hydrogen) atoms. The Morgan fingerprint density at radius 2 is 1.92 bits per heavy atom. The van der Waals surface area contributed by atoms with Crippen molar-refractivity contribution in [2.45, 2.75) is 38.5 Å². The zero-order valence-electron chi connectivity index (χ0n) is 14.3. The molecule has 1 aromatic carbocycles. The number of H-pyrrole nitrogens is 1. The molecule has 0 fully saturated rings. The lowest BCUT2D eigenvalue weighted by Crippen LogP contribution is -2.16. The first kappa shape index (κ1) is 17.2. The van der Waals surface area contributed by atoms with E-state index in [0.29, 0.717) is 15.6 Å². The topological polar surface area (TPSA) is 62.7 Å². The second-order valence-corrected chi connectivity index (χ2v) is 7.88. The monoisotopic (exact) mass is 384 g/mol. The minimum atomic E-state index is -0.206. The van der Waals surface area contributed by atoms with E-state index in [2.05, 4.69) is 15.3 Å². The van der Waals surface area contributed by atoms with Crippen LogP contribution in [-0.2, 0) is 12.8 Å². The number of aryl methyl sites for hydroxylation is 2. The number of carbonyl (C=O) groups is 1. The van der Waals surface area contributed by atoms with Gasteiger partial charge in [-0.05, 0) is 50.0 Å². The van der Waals surface area contributed by atoms with Gasteiger partial charge in [0.2, 0.25) is 0 Å². The predicted octanol–water partition coefficient (Wildman–Crippen LogP) is 4.90. The summed E-state index contributed by atoms with van der Waals surface area (Å²) in [5.41, 5.74) is 2.48. The number of thiazole rings is 1. The van der Waals surface area contributed by atoms with Crippen molar-refractivity contribution in [1.82, 2.24) is 14.5 Å². The number of anilines is 1. The quantitative estimate of drug-likeness (QED) is 0.631. The number of rotatable bonds is 3. The molecule has 5 nitrogen and oxygen atoms in total. The summed E-state index contributed by atoms with van der Waals surface area (Å²) in [5.74, 6) is -0.206. The van der Waals surface area contributed by atoms with Crippen LogP contribution in [-0.4, -0.2) is 20.4 Å². The number of nitrogens with zero attached hydrogens (tertiary/aromatic N) is 2. The van der Waals surface area contributed by atoms with Crippen LogP contribution in [0, 0.1) is 4.77 Å². The molecular formula is C19H20N4OS2. The van der Waals surface area contributed by atoms with Gasteiger partial charge in [-0.15, -0.1) is 11.3 Å². The van der Waals surface area contributed by atoms with Crippen LogP contribution in [0.4, 0.5) is 5.13 Å². The maximum atomic E-state index is 12.8. The highest BCUT2D eigenvalue weighted by Crippen LogP contribution is 2.29. The first-order valence-corrected chi connectivity index (χ1v) is 10.1. The van der Waals surface area contributed by atoms with E-state index in [9.17, 15) is 4.79 Å². The van der Waals surface area contributed by atoms with Crippen LogP contribution in [0.3, 0.4) is 0 Å². The molecule has 0 saturated heterocycles. The molecule has 0 unspecified atom stereocenters. The highest BCUT2D eigenvalue weighted by Gasteiger charge is 2.18. The van der Waals surface area contributed by atoms with Gasteiger partial charge in [-0.1, -0.05) is 31.0 Å². The molecule has 4 rings (SSSR count). The third kappa shape index (κ3) is 3.50. The largest absolute Gasteiger partial charge is 0.336 e. The summed E-state index contributed by atoms with van der Waals surface area (Å²) in [5, 5.41) is 3.64. The Morgan fingerprint density at radius 3 is 2.73 bits per heavy atom. The Morgan fingerprint density at radius 1 is 1.15 bits per heavy atom. The predicted molar refractivity (Wildman–Crippen MR) is 107 cm³/mol. The van der Waals surface area contributed by atoms with Gasteiger partial charge in [0.25, 0.3) is 5.91 Å². The fourth-order valence-electron chi connectivity index (χ4n) is 3.29. The molecule has 0 bridgehead atoms. The first-order valence-electron chi connectivity index (χ1n) is 8.88. The maximum absolute atomic E-state index is 12.8. The summed E-state index contributed by atoms with van der Waals surface area (Å²) in [6, 6.07) is 9.63. The summed E-state index contributed by atoms with van der Waals surface area (Å²) in [7, 11) is 0. The molecule has 2 aromatic heterocycles. The summed E-state index contributed by atoms with van der Waals surface area (Å²) in [4.78, 5) is 21.8. The lowest BCUT2D eigenvalue weighted by molar-refractivity contribution is 0.102. The van der Waals surface area contributed by atoms with E-state index in [0.717, 1.165) is 24.2 Å². The standard InChI is InChI=1S/C19H20N4OS2/c24-17(15-12-20-19(25)23(15)13-8-4-3-5-9-13)22-18-21-14-10-6-1-2-7-11-16(14)26-18/h3-5,8-9,12H,1-2,6-7,10-11H2,(H,20,25)(H,21,22,24). The molecule has 0 atom stereocenters. The lowest BCUT2D eigenvalue weighted by atomic mass is 10.0. The van der Waals surface area contributed by atoms with Gasteiger partial charge in [0.1, 0.15) is 5.69 Å². The molecule has 1 aliphatic rings. The van der Waals surface area contributed by atoms with E-state index in [-0.39, 0.29) is 5.91 Å². The number of imidazole rings is 1. The number of aromatic nitrogens is 3. The van der Waals surface area contributed by atoms with E-state index < -0.39 is 0 Å². The Bertz CT molecular complexity index is 946. The average molecular weight is 385 g/mol. The van der Waals surface area contributed by atoms with E-state index in [4.69, 9.17) is 12.2 Å². The number of aromatic amines is 1. The number of hydrogen-bond donors (Lipinski definition) is 2. The second-order valence-electron chi connectivity index (χ2n) is 6.41. The highest BCUT2D eigenvalue weighted by atomic mass is 32.1. The number of para-hydroxylation sites is 1. The summed E-state index contributed by atoms with van der Waals surface area (Å²) in [6.07, 6.45) is 8.64. The molecule has 134 valence electrons. The minimum Gasteiger partial charge on any atom is -0.336 e. The molecule has 2 N–H and O–H groups in total. The van der Waals surface area contributed by atoms with E-state index >= 15 is 0 Å². The smallest absolute Gasteiger partial charge is 0.276 e. The van der Waals surface area contributed by atoms with Crippen LogP contribution in [0.15, 0.2) is 36.5 Å². The van der Waals surface area contributed by atoms with Crippen LogP contribution in [0.25, 0.3) is 5.69 Å². The van der Waals surface area contributed by atoms with Crippen molar-refractivity contribution in [2.24, 2.45) is 0 Å². The van der Waals surface area contributed by atoms with E-state index in [1.165, 1.54) is 30.6 Å². The molecule has 0 radical (unpaired) electrons. The van der Waals surface area contributed by atoms with E-state index in [1.807, 2.05) is 30.3 Å². The molecule has 1 amide bonds. The Balaban J connectivity index is 1.60. The molecule has 2 heterocycles. The molecule has 0 spiro atoms. The van der Waals surface area contributed by atoms with Gasteiger partial charge in [-0.25, -0.2) is 4.98 Å². The summed E-state index contributed by atoms with van der Waals surface area (Å²) < 4.78 is 2.24. The molecule has 3 aromatic rings. The van der Waals surface area contributed by atoms with Crippen LogP contribution in [0.2, 0.25) is 0 Å². The van der Waals surface area contributed by atoms with Gasteiger partial charge in [0.15, 0.2) is 9.90 Å². The average Bonchev–Trinajstić information content (AvgIpc) is 3.19.